The Bertz CT molecular complexity index is 392. The number of phenolic OH excluding ortho intramolecular Hbond substituents is 1. The first-order chi connectivity index (χ1) is 8.04. The summed E-state index contributed by atoms with van der Waals surface area (Å²) in [6.07, 6.45) is 0.0568. The second-order valence-electron chi connectivity index (χ2n) is 3.74. The van der Waals surface area contributed by atoms with Gasteiger partial charge in [0.15, 0.2) is 0 Å². The largest absolute Gasteiger partial charge is 0.507 e. The number of carbonyl (C=O) groups is 1. The molecule has 0 bridgehead atoms. The van der Waals surface area contributed by atoms with Gasteiger partial charge in [0.05, 0.1) is 13.5 Å². The van der Waals surface area contributed by atoms with E-state index in [0.717, 1.165) is 5.56 Å². The van der Waals surface area contributed by atoms with Gasteiger partial charge in [-0.15, -0.1) is 0 Å². The summed E-state index contributed by atoms with van der Waals surface area (Å²) in [5.74, 6) is -0.118. The Labute approximate surface area is 100 Å². The van der Waals surface area contributed by atoms with Gasteiger partial charge in [-0.2, -0.15) is 0 Å². The van der Waals surface area contributed by atoms with Crippen LogP contribution in [-0.2, 0) is 4.79 Å². The molecule has 0 fully saturated rings. The molecule has 0 heterocycles. The van der Waals surface area contributed by atoms with Gasteiger partial charge < -0.3 is 20.3 Å². The van der Waals surface area contributed by atoms with E-state index in [4.69, 9.17) is 9.84 Å². The van der Waals surface area contributed by atoms with E-state index in [1.54, 1.807) is 12.1 Å². The van der Waals surface area contributed by atoms with Crippen molar-refractivity contribution >= 4 is 5.97 Å². The predicted octanol–water partition coefficient (Wildman–Crippen LogP) is 1.53. The van der Waals surface area contributed by atoms with Crippen molar-refractivity contribution in [3.63, 3.8) is 0 Å². The number of phenols is 1. The van der Waals surface area contributed by atoms with E-state index in [9.17, 15) is 9.90 Å². The Kier molecular flexibility index (Phi) is 4.78. The molecule has 94 valence electrons. The van der Waals surface area contributed by atoms with Crippen LogP contribution in [0.2, 0.25) is 0 Å². The molecule has 0 radical (unpaired) electrons. The molecule has 1 aromatic rings. The number of carboxylic acid groups (broad SMARTS) is 1. The molecule has 0 amide bonds. The molecule has 0 aromatic heterocycles. The third-order valence-electron chi connectivity index (χ3n) is 2.49. The van der Waals surface area contributed by atoms with Crippen LogP contribution in [0.15, 0.2) is 18.2 Å². The van der Waals surface area contributed by atoms with E-state index < -0.39 is 5.97 Å². The summed E-state index contributed by atoms with van der Waals surface area (Å²) >= 11 is 0. The molecule has 3 N–H and O–H groups in total. The van der Waals surface area contributed by atoms with Gasteiger partial charge in [-0.3, -0.25) is 4.79 Å². The van der Waals surface area contributed by atoms with Crippen molar-refractivity contribution in [2.45, 2.75) is 19.4 Å². The Morgan fingerprint density at radius 3 is 2.76 bits per heavy atom. The van der Waals surface area contributed by atoms with Crippen molar-refractivity contribution in [3.05, 3.63) is 23.8 Å². The van der Waals surface area contributed by atoms with Crippen molar-refractivity contribution in [1.29, 1.82) is 0 Å². The highest BCUT2D eigenvalue weighted by Crippen LogP contribution is 2.28. The van der Waals surface area contributed by atoms with E-state index in [1.807, 2.05) is 6.92 Å². The van der Waals surface area contributed by atoms with Gasteiger partial charge in [0.2, 0.25) is 0 Å². The van der Waals surface area contributed by atoms with Crippen LogP contribution in [0.5, 0.6) is 11.5 Å². The average molecular weight is 239 g/mol. The van der Waals surface area contributed by atoms with Crippen LogP contribution in [0.3, 0.4) is 0 Å². The number of hydrogen-bond donors (Lipinski definition) is 3. The van der Waals surface area contributed by atoms with E-state index in [1.165, 1.54) is 13.2 Å². The Balaban J connectivity index is 2.62. The summed E-state index contributed by atoms with van der Waals surface area (Å²) in [5.41, 5.74) is 0.719. The van der Waals surface area contributed by atoms with Gasteiger partial charge in [0.1, 0.15) is 11.5 Å². The topological polar surface area (TPSA) is 78.8 Å². The van der Waals surface area contributed by atoms with E-state index in [0.29, 0.717) is 12.3 Å². The molecule has 0 spiro atoms. The highest BCUT2D eigenvalue weighted by molar-refractivity contribution is 5.66. The minimum atomic E-state index is -0.844. The number of nitrogens with one attached hydrogen (secondary N) is 1. The molecule has 1 atom stereocenters. The monoisotopic (exact) mass is 239 g/mol. The number of aliphatic carboxylic acids is 1. The SMILES string of the molecule is COc1ccc(C(C)NCCC(=O)O)c(O)c1. The normalized spacial score (nSPS) is 12.1. The van der Waals surface area contributed by atoms with E-state index in [2.05, 4.69) is 5.32 Å². The minimum Gasteiger partial charge on any atom is -0.507 e. The maximum Gasteiger partial charge on any atom is 0.304 e. The zero-order valence-electron chi connectivity index (χ0n) is 9.93. The lowest BCUT2D eigenvalue weighted by atomic mass is 10.1. The van der Waals surface area contributed by atoms with Crippen LogP contribution in [0.25, 0.3) is 0 Å². The van der Waals surface area contributed by atoms with Gasteiger partial charge in [-0.1, -0.05) is 6.07 Å². The maximum atomic E-state index is 10.4. The maximum absolute atomic E-state index is 10.4. The number of benzene rings is 1. The summed E-state index contributed by atoms with van der Waals surface area (Å²) in [6, 6.07) is 4.93. The molecule has 0 aliphatic heterocycles. The highest BCUT2D eigenvalue weighted by atomic mass is 16.5. The molecular weight excluding hydrogens is 222 g/mol. The van der Waals surface area contributed by atoms with Crippen LogP contribution in [0.4, 0.5) is 0 Å². The second-order valence-corrected chi connectivity index (χ2v) is 3.74. The molecule has 0 saturated heterocycles. The van der Waals surface area contributed by atoms with Crippen molar-refractivity contribution in [3.8, 4) is 11.5 Å². The summed E-state index contributed by atoms with van der Waals surface area (Å²) in [7, 11) is 1.53. The minimum absolute atomic E-state index is 0.0568. The molecule has 1 aromatic carbocycles. The van der Waals surface area contributed by atoms with Crippen LogP contribution < -0.4 is 10.1 Å². The number of rotatable bonds is 6. The van der Waals surface area contributed by atoms with Crippen LogP contribution in [0.1, 0.15) is 24.9 Å². The second kappa shape index (κ2) is 6.10. The molecule has 1 unspecified atom stereocenters. The van der Waals surface area contributed by atoms with Crippen molar-refractivity contribution < 1.29 is 19.7 Å². The Hall–Kier alpha value is -1.75. The fourth-order valence-electron chi connectivity index (χ4n) is 1.52. The highest BCUT2D eigenvalue weighted by Gasteiger charge is 2.11. The first kappa shape index (κ1) is 13.3. The van der Waals surface area contributed by atoms with Crippen molar-refractivity contribution in [2.75, 3.05) is 13.7 Å². The Morgan fingerprint density at radius 1 is 1.53 bits per heavy atom. The van der Waals surface area contributed by atoms with E-state index in [-0.39, 0.29) is 18.2 Å². The van der Waals surface area contributed by atoms with Gasteiger partial charge in [0.25, 0.3) is 0 Å². The fourth-order valence-corrected chi connectivity index (χ4v) is 1.52. The first-order valence-corrected chi connectivity index (χ1v) is 5.36. The van der Waals surface area contributed by atoms with E-state index >= 15 is 0 Å². The summed E-state index contributed by atoms with van der Waals surface area (Å²) < 4.78 is 4.98. The first-order valence-electron chi connectivity index (χ1n) is 5.36. The third-order valence-corrected chi connectivity index (χ3v) is 2.49. The number of ether oxygens (including phenoxy) is 1. The number of hydrogen-bond acceptors (Lipinski definition) is 4. The van der Waals surface area contributed by atoms with Gasteiger partial charge >= 0.3 is 5.97 Å². The van der Waals surface area contributed by atoms with Crippen LogP contribution in [0, 0.1) is 0 Å². The zero-order valence-corrected chi connectivity index (χ0v) is 9.93. The summed E-state index contributed by atoms with van der Waals surface area (Å²) in [6.45, 7) is 2.23. The summed E-state index contributed by atoms with van der Waals surface area (Å²) in [4.78, 5) is 10.4. The van der Waals surface area contributed by atoms with Crippen LogP contribution >= 0.6 is 0 Å². The molecule has 5 nitrogen and oxygen atoms in total. The molecule has 0 aliphatic rings. The average Bonchev–Trinajstić information content (AvgIpc) is 2.28. The van der Waals surface area contributed by atoms with Crippen molar-refractivity contribution in [2.24, 2.45) is 0 Å². The van der Waals surface area contributed by atoms with Gasteiger partial charge in [-0.05, 0) is 13.0 Å². The van der Waals surface area contributed by atoms with Crippen molar-refractivity contribution in [1.82, 2.24) is 5.32 Å². The zero-order chi connectivity index (χ0) is 12.8. The molecule has 1 rings (SSSR count). The van der Waals surface area contributed by atoms with Crippen LogP contribution in [-0.4, -0.2) is 29.8 Å². The predicted molar refractivity (Wildman–Crippen MR) is 63.3 cm³/mol. The lowest BCUT2D eigenvalue weighted by Crippen LogP contribution is -2.21. The third kappa shape index (κ3) is 3.96. The molecular formula is C12H17NO4. The molecule has 0 aliphatic carbocycles. The van der Waals surface area contributed by atoms with Gasteiger partial charge in [-0.25, -0.2) is 0 Å². The number of carboxylic acids is 1. The molecule has 5 heteroatoms. The standard InChI is InChI=1S/C12H17NO4/c1-8(13-6-5-12(15)16)10-4-3-9(17-2)7-11(10)14/h3-4,7-8,13-14H,5-6H2,1-2H3,(H,15,16). The number of methoxy groups -OCH3 is 1. The molecule has 0 saturated carbocycles. The Morgan fingerprint density at radius 2 is 2.24 bits per heavy atom. The molecule has 17 heavy (non-hydrogen) atoms. The summed E-state index contributed by atoms with van der Waals surface area (Å²) in [5, 5.41) is 21.3. The quantitative estimate of drug-likeness (QED) is 0.701. The smallest absolute Gasteiger partial charge is 0.304 e. The fraction of sp³-hybridized carbons (Fsp3) is 0.417. The lowest BCUT2D eigenvalue weighted by molar-refractivity contribution is -0.136. The lowest BCUT2D eigenvalue weighted by Gasteiger charge is -2.15. The van der Waals surface area contributed by atoms with Gasteiger partial charge in [0, 0.05) is 24.2 Å². The number of aromatic hydroxyl groups is 1.